The van der Waals surface area contributed by atoms with Crippen molar-refractivity contribution in [2.45, 2.75) is 33.1 Å². The Morgan fingerprint density at radius 1 is 1.47 bits per heavy atom. The Bertz CT molecular complexity index is 487. The zero-order chi connectivity index (χ0) is 14.0. The van der Waals surface area contributed by atoms with E-state index < -0.39 is 4.92 Å². The zero-order valence-corrected chi connectivity index (χ0v) is 11.3. The van der Waals surface area contributed by atoms with Crippen molar-refractivity contribution in [3.8, 4) is 0 Å². The number of nitrogens with zero attached hydrogens (tertiary/aromatic N) is 4. The summed E-state index contributed by atoms with van der Waals surface area (Å²) >= 11 is 0. The predicted molar refractivity (Wildman–Crippen MR) is 73.1 cm³/mol. The van der Waals surface area contributed by atoms with Gasteiger partial charge in [0.2, 0.25) is 11.8 Å². The topological polar surface area (TPSA) is 98.2 Å². The van der Waals surface area contributed by atoms with Crippen LogP contribution in [0, 0.1) is 23.0 Å². The van der Waals surface area contributed by atoms with Crippen LogP contribution in [-0.2, 0) is 0 Å². The highest BCUT2D eigenvalue weighted by atomic mass is 16.6. The van der Waals surface area contributed by atoms with Crippen LogP contribution in [0.3, 0.4) is 0 Å². The number of nitro groups is 1. The molecule has 1 saturated carbocycles. The SMILES string of the molecule is CCCN(CC1CC1)c1nc(N)nc(C)c1[N+](=O)[O-]. The highest BCUT2D eigenvalue weighted by molar-refractivity contribution is 5.62. The summed E-state index contributed by atoms with van der Waals surface area (Å²) in [5, 5.41) is 11.2. The molecule has 0 unspecified atom stereocenters. The lowest BCUT2D eigenvalue weighted by Gasteiger charge is -2.23. The summed E-state index contributed by atoms with van der Waals surface area (Å²) in [6.45, 7) is 5.20. The van der Waals surface area contributed by atoms with Gasteiger partial charge in [0.15, 0.2) is 0 Å². The lowest BCUT2D eigenvalue weighted by molar-refractivity contribution is -0.385. The maximum atomic E-state index is 11.2. The van der Waals surface area contributed by atoms with Crippen LogP contribution in [-0.4, -0.2) is 28.0 Å². The number of anilines is 2. The van der Waals surface area contributed by atoms with Crippen molar-refractivity contribution in [3.63, 3.8) is 0 Å². The molecule has 0 aromatic carbocycles. The predicted octanol–water partition coefficient (Wildman–Crippen LogP) is 1.90. The fourth-order valence-electron chi connectivity index (χ4n) is 2.17. The quantitative estimate of drug-likeness (QED) is 0.623. The van der Waals surface area contributed by atoms with Crippen molar-refractivity contribution < 1.29 is 4.92 Å². The summed E-state index contributed by atoms with van der Waals surface area (Å²) in [7, 11) is 0. The van der Waals surface area contributed by atoms with Gasteiger partial charge in [-0.05, 0) is 32.1 Å². The molecule has 0 spiro atoms. The van der Waals surface area contributed by atoms with Crippen LogP contribution in [0.5, 0.6) is 0 Å². The minimum absolute atomic E-state index is 0.0247. The number of nitrogens with two attached hydrogens (primary N) is 1. The number of hydrogen-bond acceptors (Lipinski definition) is 6. The molecule has 1 fully saturated rings. The smallest absolute Gasteiger partial charge is 0.332 e. The molecular weight excluding hydrogens is 246 g/mol. The second-order valence-electron chi connectivity index (χ2n) is 4.99. The summed E-state index contributed by atoms with van der Waals surface area (Å²) in [6, 6.07) is 0. The molecule has 0 radical (unpaired) electrons. The molecule has 104 valence electrons. The molecule has 2 N–H and O–H groups in total. The molecule has 19 heavy (non-hydrogen) atoms. The van der Waals surface area contributed by atoms with E-state index in [4.69, 9.17) is 5.73 Å². The molecule has 1 aliphatic rings. The Kier molecular flexibility index (Phi) is 3.82. The normalized spacial score (nSPS) is 14.4. The van der Waals surface area contributed by atoms with Crippen molar-refractivity contribution in [2.24, 2.45) is 5.92 Å². The van der Waals surface area contributed by atoms with Crippen LogP contribution in [0.25, 0.3) is 0 Å². The van der Waals surface area contributed by atoms with Gasteiger partial charge < -0.3 is 10.6 Å². The highest BCUT2D eigenvalue weighted by Gasteiger charge is 2.30. The Morgan fingerprint density at radius 3 is 2.68 bits per heavy atom. The molecule has 1 aromatic rings. The van der Waals surface area contributed by atoms with E-state index in [0.29, 0.717) is 17.4 Å². The Hall–Kier alpha value is -1.92. The fourth-order valence-corrected chi connectivity index (χ4v) is 2.17. The average Bonchev–Trinajstić information content (AvgIpc) is 3.10. The van der Waals surface area contributed by atoms with Crippen LogP contribution in [0.1, 0.15) is 31.9 Å². The highest BCUT2D eigenvalue weighted by Crippen LogP contribution is 2.35. The number of hydrogen-bond donors (Lipinski definition) is 1. The van der Waals surface area contributed by atoms with Gasteiger partial charge in [-0.15, -0.1) is 0 Å². The fraction of sp³-hybridized carbons (Fsp3) is 0.667. The van der Waals surface area contributed by atoms with Crippen LogP contribution in [0.4, 0.5) is 17.5 Å². The molecule has 0 atom stereocenters. The minimum Gasteiger partial charge on any atom is -0.368 e. The lowest BCUT2D eigenvalue weighted by atomic mass is 10.2. The monoisotopic (exact) mass is 265 g/mol. The second-order valence-corrected chi connectivity index (χ2v) is 4.99. The maximum absolute atomic E-state index is 11.2. The third-order valence-electron chi connectivity index (χ3n) is 3.21. The third kappa shape index (κ3) is 3.10. The van der Waals surface area contributed by atoms with E-state index in [0.717, 1.165) is 19.5 Å². The first-order chi connectivity index (χ1) is 9.02. The minimum atomic E-state index is -0.417. The van der Waals surface area contributed by atoms with Gasteiger partial charge in [0.25, 0.3) is 0 Å². The van der Waals surface area contributed by atoms with Gasteiger partial charge >= 0.3 is 5.69 Å². The average molecular weight is 265 g/mol. The second kappa shape index (κ2) is 5.38. The number of rotatable bonds is 6. The van der Waals surface area contributed by atoms with Gasteiger partial charge in [0.1, 0.15) is 5.69 Å². The standard InChI is InChI=1S/C12H19N5O2/c1-3-6-16(7-9-4-5-9)11-10(17(18)19)8(2)14-12(13)15-11/h9H,3-7H2,1-2H3,(H2,13,14,15). The molecule has 7 nitrogen and oxygen atoms in total. The van der Waals surface area contributed by atoms with E-state index in [1.165, 1.54) is 12.8 Å². The van der Waals surface area contributed by atoms with Crippen molar-refractivity contribution >= 4 is 17.5 Å². The Balaban J connectivity index is 2.40. The number of aromatic nitrogens is 2. The summed E-state index contributed by atoms with van der Waals surface area (Å²) in [6.07, 6.45) is 3.29. The third-order valence-corrected chi connectivity index (χ3v) is 3.21. The lowest BCUT2D eigenvalue weighted by Crippen LogP contribution is -2.29. The molecule has 0 saturated heterocycles. The van der Waals surface area contributed by atoms with E-state index >= 15 is 0 Å². The van der Waals surface area contributed by atoms with Crippen LogP contribution in [0.15, 0.2) is 0 Å². The maximum Gasteiger partial charge on any atom is 0.332 e. The zero-order valence-electron chi connectivity index (χ0n) is 11.3. The first-order valence-electron chi connectivity index (χ1n) is 6.56. The van der Waals surface area contributed by atoms with Crippen molar-refractivity contribution in [2.75, 3.05) is 23.7 Å². The van der Waals surface area contributed by atoms with Crippen molar-refractivity contribution in [1.82, 2.24) is 9.97 Å². The van der Waals surface area contributed by atoms with E-state index in [2.05, 4.69) is 9.97 Å². The van der Waals surface area contributed by atoms with Gasteiger partial charge in [-0.3, -0.25) is 10.1 Å². The van der Waals surface area contributed by atoms with Crippen LogP contribution in [0.2, 0.25) is 0 Å². The summed E-state index contributed by atoms with van der Waals surface area (Å²) in [5.41, 5.74) is 5.94. The molecular formula is C12H19N5O2. The largest absolute Gasteiger partial charge is 0.368 e. The van der Waals surface area contributed by atoms with E-state index in [-0.39, 0.29) is 11.6 Å². The molecule has 1 heterocycles. The molecule has 0 amide bonds. The van der Waals surface area contributed by atoms with E-state index in [9.17, 15) is 10.1 Å². The Morgan fingerprint density at radius 2 is 2.16 bits per heavy atom. The first kappa shape index (κ1) is 13.5. The van der Waals surface area contributed by atoms with Gasteiger partial charge in [-0.2, -0.15) is 4.98 Å². The molecule has 7 heteroatoms. The van der Waals surface area contributed by atoms with Gasteiger partial charge in [0.05, 0.1) is 4.92 Å². The van der Waals surface area contributed by atoms with Crippen molar-refractivity contribution in [3.05, 3.63) is 15.8 Å². The molecule has 0 aliphatic heterocycles. The molecule has 0 bridgehead atoms. The van der Waals surface area contributed by atoms with E-state index in [1.807, 2.05) is 11.8 Å². The van der Waals surface area contributed by atoms with Gasteiger partial charge in [-0.25, -0.2) is 4.98 Å². The van der Waals surface area contributed by atoms with Crippen molar-refractivity contribution in [1.29, 1.82) is 0 Å². The first-order valence-corrected chi connectivity index (χ1v) is 6.56. The number of nitrogen functional groups attached to an aromatic ring is 1. The summed E-state index contributed by atoms with van der Waals surface area (Å²) < 4.78 is 0. The molecule has 2 rings (SSSR count). The summed E-state index contributed by atoms with van der Waals surface area (Å²) in [4.78, 5) is 20.8. The molecule has 1 aliphatic carbocycles. The van der Waals surface area contributed by atoms with E-state index in [1.54, 1.807) is 6.92 Å². The van der Waals surface area contributed by atoms with Gasteiger partial charge in [-0.1, -0.05) is 6.92 Å². The van der Waals surface area contributed by atoms with Crippen LogP contribution < -0.4 is 10.6 Å². The number of aryl methyl sites for hydroxylation is 1. The summed E-state index contributed by atoms with van der Waals surface area (Å²) in [5.74, 6) is 1.08. The van der Waals surface area contributed by atoms with Crippen LogP contribution >= 0.6 is 0 Å². The van der Waals surface area contributed by atoms with Gasteiger partial charge in [0, 0.05) is 13.1 Å². The Labute approximate surface area is 112 Å². The molecule has 1 aromatic heterocycles.